The minimum absolute atomic E-state index is 0.0498. The minimum atomic E-state index is -0.145. The summed E-state index contributed by atoms with van der Waals surface area (Å²) in [6.07, 6.45) is 0. The summed E-state index contributed by atoms with van der Waals surface area (Å²) >= 11 is 0. The van der Waals surface area contributed by atoms with Crippen LogP contribution in [0.25, 0.3) is 76.5 Å². The Bertz CT molecular complexity index is 4080. The van der Waals surface area contributed by atoms with Crippen LogP contribution in [0.5, 0.6) is 0 Å². The van der Waals surface area contributed by atoms with Gasteiger partial charge in [0, 0.05) is 67.0 Å². The van der Waals surface area contributed by atoms with Crippen molar-refractivity contribution in [3.8, 4) is 11.4 Å². The van der Waals surface area contributed by atoms with Crippen LogP contribution in [0.1, 0.15) is 26.3 Å². The van der Waals surface area contributed by atoms with E-state index in [2.05, 4.69) is 270 Å². The molecule has 0 bridgehead atoms. The van der Waals surface area contributed by atoms with E-state index in [4.69, 9.17) is 0 Å². The fourth-order valence-electron chi connectivity index (χ4n) is 12.4. The molecule has 0 aliphatic carbocycles. The lowest BCUT2D eigenvalue weighted by Crippen LogP contribution is -2.61. The molecule has 4 nitrogen and oxygen atoms in total. The first-order valence-electron chi connectivity index (χ1n) is 24.9. The molecule has 2 aromatic heterocycles. The smallest absolute Gasteiger partial charge is 0.252 e. The molecule has 15 rings (SSSR count). The Hall–Kier alpha value is -8.80. The third-order valence-corrected chi connectivity index (χ3v) is 15.6. The van der Waals surface area contributed by atoms with Crippen molar-refractivity contribution < 1.29 is 0 Å². The molecule has 0 atom stereocenters. The quantitative estimate of drug-likeness (QED) is 0.164. The van der Waals surface area contributed by atoms with Gasteiger partial charge in [-0.05, 0) is 134 Å². The second-order valence-corrected chi connectivity index (χ2v) is 20.5. The zero-order valence-corrected chi connectivity index (χ0v) is 39.8. The molecule has 0 saturated heterocycles. The largest absolute Gasteiger partial charge is 0.311 e. The lowest BCUT2D eigenvalue weighted by atomic mass is 9.33. The Morgan fingerprint density at radius 2 is 0.732 bits per heavy atom. The van der Waals surface area contributed by atoms with Crippen molar-refractivity contribution in [2.45, 2.75) is 26.2 Å². The van der Waals surface area contributed by atoms with E-state index < -0.39 is 0 Å². The Morgan fingerprint density at radius 1 is 0.324 bits per heavy atom. The van der Waals surface area contributed by atoms with Gasteiger partial charge in [0.05, 0.1) is 22.1 Å². The van der Waals surface area contributed by atoms with E-state index in [0.717, 1.165) is 22.7 Å². The normalized spacial score (nSPS) is 13.2. The predicted molar refractivity (Wildman–Crippen MR) is 303 cm³/mol. The lowest BCUT2D eigenvalue weighted by molar-refractivity contribution is 0.590. The Balaban J connectivity index is 1.03. The van der Waals surface area contributed by atoms with Crippen LogP contribution in [-0.4, -0.2) is 15.8 Å². The van der Waals surface area contributed by atoms with Crippen molar-refractivity contribution >= 4 is 122 Å². The monoisotopic (exact) mass is 906 g/mol. The van der Waals surface area contributed by atoms with Gasteiger partial charge < -0.3 is 18.9 Å². The van der Waals surface area contributed by atoms with Gasteiger partial charge >= 0.3 is 0 Å². The van der Waals surface area contributed by atoms with E-state index >= 15 is 0 Å². The number of fused-ring (bicyclic) bond motifs is 14. The fraction of sp³-hybridized carbons (Fsp3) is 0.0606. The van der Waals surface area contributed by atoms with Crippen molar-refractivity contribution in [2.24, 2.45) is 0 Å². The molecule has 5 heteroatoms. The molecule has 0 amide bonds. The number of nitrogens with zero attached hydrogens (tertiary/aromatic N) is 4. The molecular weight excluding hydrogens is 860 g/mol. The summed E-state index contributed by atoms with van der Waals surface area (Å²) in [6.45, 7) is 6.99. The summed E-state index contributed by atoms with van der Waals surface area (Å²) < 4.78 is 4.97. The van der Waals surface area contributed by atoms with Gasteiger partial charge in [0.15, 0.2) is 0 Å². The van der Waals surface area contributed by atoms with Crippen molar-refractivity contribution in [3.05, 3.63) is 236 Å². The van der Waals surface area contributed by atoms with Crippen LogP contribution in [0.4, 0.5) is 34.1 Å². The van der Waals surface area contributed by atoms with Gasteiger partial charge in [0.2, 0.25) is 0 Å². The highest BCUT2D eigenvalue weighted by atomic mass is 15.2. The standard InChI is InChI=1S/C66H47BN4/c1-66(2,3)44-38-61-65-62(39-44)69(46-22-8-5-9-23-46)60-41-48(71-56-29-17-15-27-52(56)64-50-25-13-11-19-43(50)31-37-58(64)71)33-35-54(60)67(65)53-34-32-47(40-59(53)68(61)45-20-6-4-7-21-45)70-55-28-16-14-26-51(55)63-49-24-12-10-18-42(49)30-36-57(63)70/h4-41H,1-3H3. The van der Waals surface area contributed by atoms with Gasteiger partial charge in [-0.2, -0.15) is 0 Å². The van der Waals surface area contributed by atoms with Crippen LogP contribution in [0.2, 0.25) is 0 Å². The van der Waals surface area contributed by atoms with Crippen LogP contribution >= 0.6 is 0 Å². The van der Waals surface area contributed by atoms with E-state index in [1.807, 2.05) is 0 Å². The zero-order chi connectivity index (χ0) is 47.1. The van der Waals surface area contributed by atoms with Crippen LogP contribution in [0.15, 0.2) is 231 Å². The van der Waals surface area contributed by atoms with Gasteiger partial charge in [-0.25, -0.2) is 0 Å². The van der Waals surface area contributed by atoms with Crippen molar-refractivity contribution in [2.75, 3.05) is 9.80 Å². The van der Waals surface area contributed by atoms with Crippen LogP contribution < -0.4 is 26.2 Å². The number of hydrogen-bond acceptors (Lipinski definition) is 2. The Labute approximate surface area is 412 Å². The molecule has 13 aromatic rings. The molecule has 0 saturated carbocycles. The number of aromatic nitrogens is 2. The first-order valence-corrected chi connectivity index (χ1v) is 24.9. The molecule has 0 radical (unpaired) electrons. The van der Waals surface area contributed by atoms with E-state index in [9.17, 15) is 0 Å². The summed E-state index contributed by atoms with van der Waals surface area (Å²) in [5.41, 5.74) is 19.2. The fourth-order valence-corrected chi connectivity index (χ4v) is 12.4. The number of benzene rings is 11. The maximum absolute atomic E-state index is 2.55. The number of rotatable bonds is 4. The van der Waals surface area contributed by atoms with Crippen molar-refractivity contribution in [3.63, 3.8) is 0 Å². The topological polar surface area (TPSA) is 16.3 Å². The first kappa shape index (κ1) is 40.1. The Morgan fingerprint density at radius 3 is 1.18 bits per heavy atom. The highest BCUT2D eigenvalue weighted by Gasteiger charge is 2.44. The lowest BCUT2D eigenvalue weighted by Gasteiger charge is -2.45. The summed E-state index contributed by atoms with van der Waals surface area (Å²) in [7, 11) is 0. The summed E-state index contributed by atoms with van der Waals surface area (Å²) in [4.78, 5) is 5.11. The second kappa shape index (κ2) is 14.9. The number of hydrogen-bond donors (Lipinski definition) is 0. The first-order chi connectivity index (χ1) is 34.9. The molecule has 11 aromatic carbocycles. The number of para-hydroxylation sites is 4. The van der Waals surface area contributed by atoms with Crippen molar-refractivity contribution in [1.82, 2.24) is 9.13 Å². The third kappa shape index (κ3) is 5.75. The summed E-state index contributed by atoms with van der Waals surface area (Å²) in [6, 6.07) is 86.2. The highest BCUT2D eigenvalue weighted by Crippen LogP contribution is 2.48. The van der Waals surface area contributed by atoms with Gasteiger partial charge in [0.25, 0.3) is 6.71 Å². The highest BCUT2D eigenvalue weighted by molar-refractivity contribution is 7.00. The number of anilines is 6. The average Bonchev–Trinajstić information content (AvgIpc) is 3.94. The van der Waals surface area contributed by atoms with Gasteiger partial charge in [0.1, 0.15) is 0 Å². The molecule has 0 fully saturated rings. The van der Waals surface area contributed by atoms with E-state index in [-0.39, 0.29) is 12.1 Å². The molecule has 334 valence electrons. The van der Waals surface area contributed by atoms with Gasteiger partial charge in [-0.1, -0.05) is 166 Å². The molecule has 2 aliphatic heterocycles. The van der Waals surface area contributed by atoms with Crippen LogP contribution in [-0.2, 0) is 5.41 Å². The maximum atomic E-state index is 2.55. The van der Waals surface area contributed by atoms with E-state index in [0.29, 0.717) is 0 Å². The second-order valence-electron chi connectivity index (χ2n) is 20.5. The molecule has 4 heterocycles. The average molecular weight is 907 g/mol. The van der Waals surface area contributed by atoms with Crippen LogP contribution in [0, 0.1) is 0 Å². The predicted octanol–water partition coefficient (Wildman–Crippen LogP) is 15.6. The van der Waals surface area contributed by atoms with Crippen molar-refractivity contribution in [1.29, 1.82) is 0 Å². The molecule has 0 unspecified atom stereocenters. The molecule has 0 N–H and O–H groups in total. The SMILES string of the molecule is CC(C)(C)c1cc2c3c(c1)N(c1ccccc1)c1cc(-n4c5ccccc5c5c6ccccc6ccc54)ccc1B3c1ccc(-n3c4ccccc4c4c5ccccc5ccc43)cc1N2c1ccccc1. The summed E-state index contributed by atoms with van der Waals surface area (Å²) in [5, 5.41) is 10.1. The van der Waals surface area contributed by atoms with E-state index in [1.54, 1.807) is 0 Å². The molecule has 0 spiro atoms. The molecule has 2 aliphatic rings. The maximum Gasteiger partial charge on any atom is 0.252 e. The molecular formula is C66H47BN4. The van der Waals surface area contributed by atoms with E-state index in [1.165, 1.54) is 110 Å². The van der Waals surface area contributed by atoms with Gasteiger partial charge in [-0.3, -0.25) is 0 Å². The summed E-state index contributed by atoms with van der Waals surface area (Å²) in [5.74, 6) is 0. The third-order valence-electron chi connectivity index (χ3n) is 15.6. The molecule has 71 heavy (non-hydrogen) atoms. The Kier molecular flexibility index (Phi) is 8.40. The minimum Gasteiger partial charge on any atom is -0.311 e. The zero-order valence-electron chi connectivity index (χ0n) is 39.8. The van der Waals surface area contributed by atoms with Gasteiger partial charge in [-0.15, -0.1) is 0 Å². The van der Waals surface area contributed by atoms with Crippen LogP contribution in [0.3, 0.4) is 0 Å².